The lowest BCUT2D eigenvalue weighted by Gasteiger charge is -2.14. The first-order chi connectivity index (χ1) is 9.56. The van der Waals surface area contributed by atoms with Gasteiger partial charge in [0.15, 0.2) is 11.5 Å². The van der Waals surface area contributed by atoms with E-state index in [4.69, 9.17) is 4.42 Å². The minimum atomic E-state index is -0.0832. The topological polar surface area (TPSA) is 50.5 Å². The summed E-state index contributed by atoms with van der Waals surface area (Å²) < 4.78 is 5.54. The Bertz CT molecular complexity index is 699. The lowest BCUT2D eigenvalue weighted by Crippen LogP contribution is -2.25. The van der Waals surface area contributed by atoms with Crippen molar-refractivity contribution in [1.82, 2.24) is 0 Å². The first kappa shape index (κ1) is 12.7. The monoisotopic (exact) mass is 269 g/mol. The van der Waals surface area contributed by atoms with Crippen molar-refractivity contribution in [3.63, 3.8) is 0 Å². The van der Waals surface area contributed by atoms with Gasteiger partial charge < -0.3 is 9.32 Å². The number of benzene rings is 1. The van der Waals surface area contributed by atoms with Gasteiger partial charge in [-0.2, -0.15) is 0 Å². The van der Waals surface area contributed by atoms with E-state index in [0.717, 1.165) is 29.8 Å². The normalized spacial score (nSPS) is 13.4. The number of Topliss-reactive ketones (excluding diaryl/α,β-unsaturated/α-hetero) is 1. The summed E-state index contributed by atoms with van der Waals surface area (Å²) >= 11 is 0. The summed E-state index contributed by atoms with van der Waals surface area (Å²) in [5.41, 5.74) is 3.04. The molecule has 0 bridgehead atoms. The molecule has 0 unspecified atom stereocenters. The third-order valence-corrected chi connectivity index (χ3v) is 3.59. The summed E-state index contributed by atoms with van der Waals surface area (Å²) in [5, 5.41) is 0. The number of carbonyl (C=O) groups excluding carboxylic acids is 2. The number of furan rings is 1. The van der Waals surface area contributed by atoms with Crippen molar-refractivity contribution >= 4 is 17.4 Å². The SMILES string of the molecule is CC(=O)c1ccc(-c2ccc3c(c2)CCN3C(C)=O)o1. The Hall–Kier alpha value is -2.36. The van der Waals surface area contributed by atoms with E-state index in [-0.39, 0.29) is 11.7 Å². The molecule has 0 saturated carbocycles. The Morgan fingerprint density at radius 1 is 1.15 bits per heavy atom. The molecule has 1 amide bonds. The van der Waals surface area contributed by atoms with Crippen LogP contribution >= 0.6 is 0 Å². The van der Waals surface area contributed by atoms with E-state index in [1.54, 1.807) is 24.0 Å². The van der Waals surface area contributed by atoms with Gasteiger partial charge in [-0.25, -0.2) is 0 Å². The average molecular weight is 269 g/mol. The van der Waals surface area contributed by atoms with Crippen LogP contribution < -0.4 is 4.90 Å². The van der Waals surface area contributed by atoms with E-state index in [2.05, 4.69) is 0 Å². The summed E-state index contributed by atoms with van der Waals surface area (Å²) in [6.07, 6.45) is 0.850. The zero-order valence-corrected chi connectivity index (χ0v) is 11.5. The molecule has 4 nitrogen and oxygen atoms in total. The zero-order valence-electron chi connectivity index (χ0n) is 11.5. The fraction of sp³-hybridized carbons (Fsp3) is 0.250. The maximum absolute atomic E-state index is 11.5. The lowest BCUT2D eigenvalue weighted by atomic mass is 10.1. The molecule has 0 N–H and O–H groups in total. The second-order valence-corrected chi connectivity index (χ2v) is 4.98. The number of fused-ring (bicyclic) bond motifs is 1. The van der Waals surface area contributed by atoms with Crippen LogP contribution in [0.1, 0.15) is 30.0 Å². The summed E-state index contributed by atoms with van der Waals surface area (Å²) in [6, 6.07) is 9.38. The molecule has 3 rings (SSSR count). The molecule has 2 heterocycles. The molecule has 0 aliphatic carbocycles. The number of rotatable bonds is 2. The standard InChI is InChI=1S/C16H15NO3/c1-10(18)15-5-6-16(20-15)13-3-4-14-12(9-13)7-8-17(14)11(2)19/h3-6,9H,7-8H2,1-2H3. The first-order valence-electron chi connectivity index (χ1n) is 6.58. The summed E-state index contributed by atoms with van der Waals surface area (Å²) in [5.74, 6) is 1.03. The van der Waals surface area contributed by atoms with E-state index in [1.165, 1.54) is 6.92 Å². The minimum Gasteiger partial charge on any atom is -0.453 e. The highest BCUT2D eigenvalue weighted by Gasteiger charge is 2.22. The molecule has 2 aromatic rings. The van der Waals surface area contributed by atoms with Crippen LogP contribution in [0.15, 0.2) is 34.7 Å². The van der Waals surface area contributed by atoms with Gasteiger partial charge in [-0.3, -0.25) is 9.59 Å². The van der Waals surface area contributed by atoms with Gasteiger partial charge in [-0.15, -0.1) is 0 Å². The molecule has 0 saturated heterocycles. The molecule has 1 aliphatic rings. The van der Waals surface area contributed by atoms with Crippen LogP contribution in [0.5, 0.6) is 0 Å². The average Bonchev–Trinajstić information content (AvgIpc) is 3.04. The van der Waals surface area contributed by atoms with E-state index in [9.17, 15) is 9.59 Å². The first-order valence-corrected chi connectivity index (χ1v) is 6.58. The second-order valence-electron chi connectivity index (χ2n) is 4.98. The largest absolute Gasteiger partial charge is 0.453 e. The minimum absolute atomic E-state index is 0.0633. The fourth-order valence-electron chi connectivity index (χ4n) is 2.56. The Kier molecular flexibility index (Phi) is 2.93. The molecule has 0 spiro atoms. The number of hydrogen-bond donors (Lipinski definition) is 0. The van der Waals surface area contributed by atoms with Gasteiger partial charge in [0.1, 0.15) is 5.76 Å². The number of nitrogens with zero attached hydrogens (tertiary/aromatic N) is 1. The van der Waals surface area contributed by atoms with E-state index in [0.29, 0.717) is 11.5 Å². The Balaban J connectivity index is 1.97. The molecule has 102 valence electrons. The molecule has 1 aromatic heterocycles. The summed E-state index contributed by atoms with van der Waals surface area (Å²) in [4.78, 5) is 24.5. The van der Waals surface area contributed by atoms with Crippen LogP contribution in [0.25, 0.3) is 11.3 Å². The van der Waals surface area contributed by atoms with Gasteiger partial charge in [-0.05, 0) is 42.3 Å². The molecule has 4 heteroatoms. The highest BCUT2D eigenvalue weighted by atomic mass is 16.3. The molecular weight excluding hydrogens is 254 g/mol. The van der Waals surface area contributed by atoms with Crippen LogP contribution in [0.3, 0.4) is 0 Å². The van der Waals surface area contributed by atoms with Gasteiger partial charge in [0.2, 0.25) is 5.91 Å². The van der Waals surface area contributed by atoms with Crippen LogP contribution in [-0.2, 0) is 11.2 Å². The molecule has 1 aliphatic heterocycles. The molecule has 0 atom stereocenters. The smallest absolute Gasteiger partial charge is 0.223 e. The quantitative estimate of drug-likeness (QED) is 0.787. The molecule has 0 fully saturated rings. The maximum Gasteiger partial charge on any atom is 0.223 e. The van der Waals surface area contributed by atoms with Crippen LogP contribution in [0.4, 0.5) is 5.69 Å². The maximum atomic E-state index is 11.5. The van der Waals surface area contributed by atoms with E-state index in [1.807, 2.05) is 18.2 Å². The van der Waals surface area contributed by atoms with Gasteiger partial charge in [0.05, 0.1) is 0 Å². The number of hydrogen-bond acceptors (Lipinski definition) is 3. The summed E-state index contributed by atoms with van der Waals surface area (Å²) in [6.45, 7) is 3.79. The van der Waals surface area contributed by atoms with Crippen LogP contribution in [-0.4, -0.2) is 18.2 Å². The number of amides is 1. The number of carbonyl (C=O) groups is 2. The van der Waals surface area contributed by atoms with Crippen molar-refractivity contribution in [3.8, 4) is 11.3 Å². The van der Waals surface area contributed by atoms with Crippen molar-refractivity contribution in [2.75, 3.05) is 11.4 Å². The third-order valence-electron chi connectivity index (χ3n) is 3.59. The van der Waals surface area contributed by atoms with E-state index < -0.39 is 0 Å². The predicted octanol–water partition coefficient (Wildman–Crippen LogP) is 3.06. The van der Waals surface area contributed by atoms with E-state index >= 15 is 0 Å². The second kappa shape index (κ2) is 4.63. The van der Waals surface area contributed by atoms with Crippen LogP contribution in [0.2, 0.25) is 0 Å². The Morgan fingerprint density at radius 3 is 2.60 bits per heavy atom. The van der Waals surface area contributed by atoms with Crippen molar-refractivity contribution in [1.29, 1.82) is 0 Å². The molecule has 1 aromatic carbocycles. The van der Waals surface area contributed by atoms with Crippen LogP contribution in [0, 0.1) is 0 Å². The molecule has 20 heavy (non-hydrogen) atoms. The van der Waals surface area contributed by atoms with Crippen molar-refractivity contribution < 1.29 is 14.0 Å². The third kappa shape index (κ3) is 2.03. The van der Waals surface area contributed by atoms with Gasteiger partial charge in [-0.1, -0.05) is 0 Å². The molecular formula is C16H15NO3. The van der Waals surface area contributed by atoms with Crippen molar-refractivity contribution in [2.24, 2.45) is 0 Å². The lowest BCUT2D eigenvalue weighted by molar-refractivity contribution is -0.116. The number of anilines is 1. The number of ketones is 1. The van der Waals surface area contributed by atoms with Crippen molar-refractivity contribution in [2.45, 2.75) is 20.3 Å². The van der Waals surface area contributed by atoms with Crippen molar-refractivity contribution in [3.05, 3.63) is 41.7 Å². The highest BCUT2D eigenvalue weighted by molar-refractivity contribution is 5.94. The molecule has 0 radical (unpaired) electrons. The highest BCUT2D eigenvalue weighted by Crippen LogP contribution is 2.33. The predicted molar refractivity (Wildman–Crippen MR) is 75.9 cm³/mol. The van der Waals surface area contributed by atoms with Gasteiger partial charge in [0.25, 0.3) is 0 Å². The zero-order chi connectivity index (χ0) is 14.3. The fourth-order valence-corrected chi connectivity index (χ4v) is 2.56. The van der Waals surface area contributed by atoms with Gasteiger partial charge >= 0.3 is 0 Å². The van der Waals surface area contributed by atoms with Gasteiger partial charge in [0, 0.05) is 31.6 Å². The Morgan fingerprint density at radius 2 is 1.95 bits per heavy atom. The Labute approximate surface area is 117 Å². The summed E-state index contributed by atoms with van der Waals surface area (Å²) in [7, 11) is 0.